The van der Waals surface area contributed by atoms with Crippen LogP contribution in [0, 0.1) is 0 Å². The Balaban J connectivity index is 1.11. The van der Waals surface area contributed by atoms with Crippen molar-refractivity contribution in [2.75, 3.05) is 13.2 Å². The topological polar surface area (TPSA) is 107 Å². The number of rotatable bonds is 5. The number of hydrogen-bond donors (Lipinski definition) is 2. The Kier molecular flexibility index (Phi) is 5.66. The molecule has 2 aliphatic heterocycles. The number of imidazole rings is 1. The fourth-order valence-corrected chi connectivity index (χ4v) is 5.33. The summed E-state index contributed by atoms with van der Waals surface area (Å²) in [6.45, 7) is 0.562. The second kappa shape index (κ2) is 9.21. The molecule has 3 aromatic heterocycles. The quantitative estimate of drug-likeness (QED) is 0.350. The molecule has 0 amide bonds. The molecule has 7 rings (SSSR count). The summed E-state index contributed by atoms with van der Waals surface area (Å²) in [5.41, 5.74) is 6.91. The highest BCUT2D eigenvalue weighted by Gasteiger charge is 2.48. The predicted molar refractivity (Wildman–Crippen MR) is 142 cm³/mol. The normalized spacial score (nSPS) is 22.7. The zero-order valence-electron chi connectivity index (χ0n) is 20.4. The number of aliphatic hydroxyl groups is 1. The third kappa shape index (κ3) is 4.13. The first kappa shape index (κ1) is 23.4. The molecule has 192 valence electrons. The number of aliphatic hydroxyl groups excluding tert-OH is 1. The van der Waals surface area contributed by atoms with Crippen LogP contribution in [0.5, 0.6) is 6.01 Å². The van der Waals surface area contributed by atoms with Gasteiger partial charge in [-0.15, -0.1) is 0 Å². The SMILES string of the molecule is Cn1ccc(-c2ccc(-c3ccc(-c4nc5nc(OC6COC7C(O)COC67)[nH]c5cc4Cl)cc3)cc2)n1. The molecule has 2 aliphatic rings. The van der Waals surface area contributed by atoms with E-state index in [-0.39, 0.29) is 24.9 Å². The maximum absolute atomic E-state index is 9.95. The van der Waals surface area contributed by atoms with Crippen molar-refractivity contribution in [1.29, 1.82) is 0 Å². The number of nitrogens with one attached hydrogen (secondary N) is 1. The molecule has 2 N–H and O–H groups in total. The summed E-state index contributed by atoms with van der Waals surface area (Å²) in [5, 5.41) is 14.9. The van der Waals surface area contributed by atoms with E-state index in [2.05, 4.69) is 51.5 Å². The number of aryl methyl sites for hydroxylation is 1. The first-order valence-electron chi connectivity index (χ1n) is 12.4. The smallest absolute Gasteiger partial charge is 0.296 e. The maximum Gasteiger partial charge on any atom is 0.296 e. The van der Waals surface area contributed by atoms with E-state index in [1.54, 1.807) is 10.7 Å². The fourth-order valence-electron chi connectivity index (χ4n) is 5.07. The second-order valence-electron chi connectivity index (χ2n) is 9.58. The van der Waals surface area contributed by atoms with Gasteiger partial charge in [-0.25, -0.2) is 4.98 Å². The average molecular weight is 530 g/mol. The van der Waals surface area contributed by atoms with Crippen molar-refractivity contribution in [3.8, 4) is 39.7 Å². The van der Waals surface area contributed by atoms with Gasteiger partial charge in [0.05, 0.1) is 35.1 Å². The van der Waals surface area contributed by atoms with Crippen molar-refractivity contribution in [2.45, 2.75) is 24.4 Å². The van der Waals surface area contributed by atoms with Gasteiger partial charge in [0, 0.05) is 24.4 Å². The van der Waals surface area contributed by atoms with E-state index < -0.39 is 6.10 Å². The van der Waals surface area contributed by atoms with Crippen LogP contribution in [0.3, 0.4) is 0 Å². The minimum atomic E-state index is -0.635. The molecule has 5 heterocycles. The molecular weight excluding hydrogens is 506 g/mol. The zero-order chi connectivity index (χ0) is 25.8. The molecule has 5 aromatic rings. The van der Waals surface area contributed by atoms with Crippen molar-refractivity contribution in [3.05, 3.63) is 71.9 Å². The van der Waals surface area contributed by atoms with Gasteiger partial charge in [-0.05, 0) is 23.3 Å². The van der Waals surface area contributed by atoms with Crippen LogP contribution in [0.2, 0.25) is 5.02 Å². The lowest BCUT2D eigenvalue weighted by Gasteiger charge is -2.15. The van der Waals surface area contributed by atoms with Crippen molar-refractivity contribution >= 4 is 22.8 Å². The van der Waals surface area contributed by atoms with Gasteiger partial charge < -0.3 is 24.3 Å². The van der Waals surface area contributed by atoms with Crippen molar-refractivity contribution in [3.63, 3.8) is 0 Å². The third-order valence-electron chi connectivity index (χ3n) is 7.04. The van der Waals surface area contributed by atoms with Gasteiger partial charge in [0.25, 0.3) is 6.01 Å². The minimum absolute atomic E-state index is 0.241. The van der Waals surface area contributed by atoms with Crippen LogP contribution in [0.4, 0.5) is 0 Å². The van der Waals surface area contributed by atoms with Crippen LogP contribution in [-0.2, 0) is 16.5 Å². The number of hydrogen-bond acceptors (Lipinski definition) is 7. The van der Waals surface area contributed by atoms with Crippen LogP contribution in [0.15, 0.2) is 66.9 Å². The summed E-state index contributed by atoms with van der Waals surface area (Å²) in [5.74, 6) is 0. The summed E-state index contributed by atoms with van der Waals surface area (Å²) in [6.07, 6.45) is 0.244. The van der Waals surface area contributed by atoms with Gasteiger partial charge in [-0.3, -0.25) is 4.68 Å². The highest BCUT2D eigenvalue weighted by Crippen LogP contribution is 2.33. The number of fused-ring (bicyclic) bond motifs is 2. The molecule has 2 aromatic carbocycles. The van der Waals surface area contributed by atoms with Crippen LogP contribution in [0.25, 0.3) is 44.8 Å². The lowest BCUT2D eigenvalue weighted by Crippen LogP contribution is -2.34. The first-order valence-corrected chi connectivity index (χ1v) is 12.7. The minimum Gasteiger partial charge on any atom is -0.456 e. The molecule has 10 heteroatoms. The van der Waals surface area contributed by atoms with E-state index in [4.69, 9.17) is 30.8 Å². The maximum atomic E-state index is 9.95. The van der Waals surface area contributed by atoms with Crippen molar-refractivity contribution < 1.29 is 19.3 Å². The van der Waals surface area contributed by atoms with Crippen LogP contribution in [-0.4, -0.2) is 67.5 Å². The van der Waals surface area contributed by atoms with Gasteiger partial charge in [-0.1, -0.05) is 60.1 Å². The molecular formula is C28H24ClN5O4. The van der Waals surface area contributed by atoms with Gasteiger partial charge in [0.2, 0.25) is 0 Å². The number of aromatic amines is 1. The number of benzene rings is 2. The molecule has 2 fully saturated rings. The Morgan fingerprint density at radius 1 is 0.921 bits per heavy atom. The molecule has 2 saturated heterocycles. The van der Waals surface area contributed by atoms with Crippen LogP contribution in [0.1, 0.15) is 0 Å². The Morgan fingerprint density at radius 3 is 2.32 bits per heavy atom. The molecule has 0 aliphatic carbocycles. The number of aromatic nitrogens is 5. The van der Waals surface area contributed by atoms with E-state index in [1.165, 1.54) is 0 Å². The third-order valence-corrected chi connectivity index (χ3v) is 7.32. The lowest BCUT2D eigenvalue weighted by atomic mass is 10.0. The number of nitrogens with zero attached hydrogens (tertiary/aromatic N) is 4. The average Bonchev–Trinajstić information content (AvgIpc) is 3.71. The summed E-state index contributed by atoms with van der Waals surface area (Å²) in [7, 11) is 1.91. The van der Waals surface area contributed by atoms with Crippen LogP contribution < -0.4 is 4.74 Å². The number of pyridine rings is 1. The largest absolute Gasteiger partial charge is 0.456 e. The summed E-state index contributed by atoms with van der Waals surface area (Å²) in [4.78, 5) is 12.3. The monoisotopic (exact) mass is 529 g/mol. The molecule has 4 unspecified atom stereocenters. The molecule has 9 nitrogen and oxygen atoms in total. The Labute approximate surface area is 223 Å². The molecule has 0 saturated carbocycles. The molecule has 38 heavy (non-hydrogen) atoms. The van der Waals surface area contributed by atoms with Crippen molar-refractivity contribution in [2.24, 2.45) is 7.05 Å². The lowest BCUT2D eigenvalue weighted by molar-refractivity contribution is 0.00706. The number of H-pyrrole nitrogens is 1. The van der Waals surface area contributed by atoms with E-state index in [1.807, 2.05) is 31.4 Å². The zero-order valence-corrected chi connectivity index (χ0v) is 21.2. The van der Waals surface area contributed by atoms with E-state index >= 15 is 0 Å². The van der Waals surface area contributed by atoms with E-state index in [0.29, 0.717) is 34.5 Å². The molecule has 0 spiro atoms. The number of halogens is 1. The molecule has 0 bridgehead atoms. The Bertz CT molecular complexity index is 1620. The molecule has 0 radical (unpaired) electrons. The highest BCUT2D eigenvalue weighted by atomic mass is 35.5. The molecule has 4 atom stereocenters. The first-order chi connectivity index (χ1) is 18.5. The van der Waals surface area contributed by atoms with Gasteiger partial charge >= 0.3 is 0 Å². The van der Waals surface area contributed by atoms with Gasteiger partial charge in [0.1, 0.15) is 18.3 Å². The highest BCUT2D eigenvalue weighted by molar-refractivity contribution is 6.33. The van der Waals surface area contributed by atoms with Gasteiger partial charge in [0.15, 0.2) is 11.8 Å². The summed E-state index contributed by atoms with van der Waals surface area (Å²) < 4.78 is 19.1. The Hall–Kier alpha value is -3.76. The predicted octanol–water partition coefficient (Wildman–Crippen LogP) is 4.25. The van der Waals surface area contributed by atoms with Crippen molar-refractivity contribution in [1.82, 2.24) is 24.7 Å². The summed E-state index contributed by atoms with van der Waals surface area (Å²) >= 11 is 6.61. The summed E-state index contributed by atoms with van der Waals surface area (Å²) in [6, 6.07) is 20.6. The second-order valence-corrected chi connectivity index (χ2v) is 9.99. The van der Waals surface area contributed by atoms with E-state index in [0.717, 1.165) is 27.9 Å². The Morgan fingerprint density at radius 2 is 1.61 bits per heavy atom. The fraction of sp³-hybridized carbons (Fsp3) is 0.250. The number of ether oxygens (including phenoxy) is 3. The standard InChI is InChI=1S/C28H24ClN5O4/c1-34-11-10-20(33-34)17-6-2-15(3-7-17)16-4-8-18(9-5-16)24-19(29)12-21-27(31-24)32-28(30-21)38-23-14-37-25-22(35)13-36-26(23)25/h2-12,22-23,25-26,35H,13-14H2,1H3,(H,30,31,32). The van der Waals surface area contributed by atoms with Crippen LogP contribution >= 0.6 is 11.6 Å². The van der Waals surface area contributed by atoms with E-state index in [9.17, 15) is 5.11 Å². The van der Waals surface area contributed by atoms with Gasteiger partial charge in [-0.2, -0.15) is 10.1 Å².